The van der Waals surface area contributed by atoms with Crippen molar-refractivity contribution in [2.75, 3.05) is 5.32 Å². The lowest BCUT2D eigenvalue weighted by Crippen LogP contribution is -2.14. The predicted molar refractivity (Wildman–Crippen MR) is 112 cm³/mol. The average Bonchev–Trinajstić information content (AvgIpc) is 2.65. The molecule has 3 rings (SSSR count). The molecule has 0 aliphatic rings. The number of aryl methyl sites for hydroxylation is 2. The molecule has 1 N–H and O–H groups in total. The fourth-order valence-electron chi connectivity index (χ4n) is 2.71. The lowest BCUT2D eigenvalue weighted by atomic mass is 10.1. The normalized spacial score (nSPS) is 10.5. The van der Waals surface area contributed by atoms with E-state index in [1.54, 1.807) is 0 Å². The SMILES string of the molecule is CCCc1ccc(C(=O)Nc2ccc(Oc3ccccc3Br)cc2)c(C)n1. The van der Waals surface area contributed by atoms with Gasteiger partial charge in [0.05, 0.1) is 15.7 Å². The highest BCUT2D eigenvalue weighted by Crippen LogP contribution is 2.29. The molecule has 27 heavy (non-hydrogen) atoms. The number of carbonyl (C=O) groups excluding carboxylic acids is 1. The smallest absolute Gasteiger partial charge is 0.257 e. The van der Waals surface area contributed by atoms with Gasteiger partial charge in [-0.05, 0) is 77.8 Å². The maximum atomic E-state index is 12.5. The van der Waals surface area contributed by atoms with Crippen molar-refractivity contribution in [3.8, 4) is 11.5 Å². The summed E-state index contributed by atoms with van der Waals surface area (Å²) in [6, 6.07) is 18.7. The Morgan fingerprint density at radius 3 is 2.48 bits per heavy atom. The zero-order valence-electron chi connectivity index (χ0n) is 15.3. The van der Waals surface area contributed by atoms with Gasteiger partial charge in [0.1, 0.15) is 11.5 Å². The summed E-state index contributed by atoms with van der Waals surface area (Å²) in [5, 5.41) is 2.91. The van der Waals surface area contributed by atoms with Crippen LogP contribution in [0, 0.1) is 6.92 Å². The summed E-state index contributed by atoms with van der Waals surface area (Å²) >= 11 is 3.46. The van der Waals surface area contributed by atoms with Crippen molar-refractivity contribution >= 4 is 27.5 Å². The number of benzene rings is 2. The molecule has 2 aromatic carbocycles. The number of nitrogens with zero attached hydrogens (tertiary/aromatic N) is 1. The Balaban J connectivity index is 1.67. The van der Waals surface area contributed by atoms with Gasteiger partial charge in [-0.1, -0.05) is 25.5 Å². The number of hydrogen-bond acceptors (Lipinski definition) is 3. The number of rotatable bonds is 6. The fourth-order valence-corrected chi connectivity index (χ4v) is 3.07. The molecule has 3 aromatic rings. The molecule has 0 saturated carbocycles. The first-order chi connectivity index (χ1) is 13.1. The summed E-state index contributed by atoms with van der Waals surface area (Å²) in [5.41, 5.74) is 3.05. The summed E-state index contributed by atoms with van der Waals surface area (Å²) in [7, 11) is 0. The number of aromatic nitrogens is 1. The molecule has 0 spiro atoms. The third-order valence-corrected chi connectivity index (χ3v) is 4.73. The molecule has 138 valence electrons. The van der Waals surface area contributed by atoms with Gasteiger partial charge in [0.15, 0.2) is 0 Å². The van der Waals surface area contributed by atoms with E-state index in [1.165, 1.54) is 0 Å². The molecule has 0 bridgehead atoms. The Morgan fingerprint density at radius 1 is 1.07 bits per heavy atom. The second-order valence-corrected chi connectivity index (χ2v) is 7.05. The summed E-state index contributed by atoms with van der Waals surface area (Å²) in [4.78, 5) is 17.0. The first-order valence-electron chi connectivity index (χ1n) is 8.87. The van der Waals surface area contributed by atoms with Crippen molar-refractivity contribution in [1.82, 2.24) is 4.98 Å². The second-order valence-electron chi connectivity index (χ2n) is 6.20. The standard InChI is InChI=1S/C22H21BrN2O2/c1-3-6-16-11-14-19(15(2)24-16)22(26)25-17-9-12-18(13-10-17)27-21-8-5-4-7-20(21)23/h4-5,7-14H,3,6H2,1-2H3,(H,25,26). The third kappa shape index (κ3) is 4.95. The minimum atomic E-state index is -0.164. The van der Waals surface area contributed by atoms with Crippen molar-refractivity contribution in [1.29, 1.82) is 0 Å². The van der Waals surface area contributed by atoms with Crippen LogP contribution in [0.4, 0.5) is 5.69 Å². The van der Waals surface area contributed by atoms with Crippen LogP contribution in [0.2, 0.25) is 0 Å². The number of carbonyl (C=O) groups is 1. The van der Waals surface area contributed by atoms with Gasteiger partial charge < -0.3 is 10.1 Å². The molecular weight excluding hydrogens is 404 g/mol. The third-order valence-electron chi connectivity index (χ3n) is 4.07. The van der Waals surface area contributed by atoms with Gasteiger partial charge in [-0.15, -0.1) is 0 Å². The van der Waals surface area contributed by atoms with Crippen LogP contribution < -0.4 is 10.1 Å². The van der Waals surface area contributed by atoms with Crippen LogP contribution in [-0.2, 0) is 6.42 Å². The van der Waals surface area contributed by atoms with Crippen molar-refractivity contribution in [2.45, 2.75) is 26.7 Å². The molecular formula is C22H21BrN2O2. The number of para-hydroxylation sites is 1. The van der Waals surface area contributed by atoms with E-state index in [0.29, 0.717) is 17.0 Å². The molecule has 0 radical (unpaired) electrons. The van der Waals surface area contributed by atoms with E-state index < -0.39 is 0 Å². The van der Waals surface area contributed by atoms with Crippen LogP contribution in [0.15, 0.2) is 65.1 Å². The van der Waals surface area contributed by atoms with Gasteiger partial charge in [0.2, 0.25) is 0 Å². The monoisotopic (exact) mass is 424 g/mol. The zero-order valence-corrected chi connectivity index (χ0v) is 16.9. The average molecular weight is 425 g/mol. The van der Waals surface area contributed by atoms with Crippen LogP contribution in [-0.4, -0.2) is 10.9 Å². The Hall–Kier alpha value is -2.66. The molecule has 0 fully saturated rings. The molecule has 0 unspecified atom stereocenters. The topological polar surface area (TPSA) is 51.2 Å². The molecule has 1 heterocycles. The Morgan fingerprint density at radius 2 is 1.81 bits per heavy atom. The van der Waals surface area contributed by atoms with Gasteiger partial charge in [-0.3, -0.25) is 9.78 Å². The molecule has 0 aliphatic carbocycles. The second kappa shape index (κ2) is 8.82. The molecule has 4 nitrogen and oxygen atoms in total. The Labute approximate surface area is 167 Å². The molecule has 5 heteroatoms. The van der Waals surface area contributed by atoms with Crippen LogP contribution in [0.25, 0.3) is 0 Å². The number of hydrogen-bond donors (Lipinski definition) is 1. The van der Waals surface area contributed by atoms with E-state index in [-0.39, 0.29) is 5.91 Å². The zero-order chi connectivity index (χ0) is 19.2. The summed E-state index contributed by atoms with van der Waals surface area (Å²) in [6.07, 6.45) is 1.95. The van der Waals surface area contributed by atoms with Crippen molar-refractivity contribution in [2.24, 2.45) is 0 Å². The van der Waals surface area contributed by atoms with E-state index in [4.69, 9.17) is 4.74 Å². The maximum Gasteiger partial charge on any atom is 0.257 e. The van der Waals surface area contributed by atoms with E-state index in [2.05, 4.69) is 33.2 Å². The van der Waals surface area contributed by atoms with E-state index in [0.717, 1.165) is 34.5 Å². The Kier molecular flexibility index (Phi) is 6.24. The largest absolute Gasteiger partial charge is 0.456 e. The van der Waals surface area contributed by atoms with Crippen molar-refractivity contribution in [3.63, 3.8) is 0 Å². The number of amides is 1. The molecule has 0 atom stereocenters. The molecule has 0 saturated heterocycles. The van der Waals surface area contributed by atoms with Gasteiger partial charge in [0.25, 0.3) is 5.91 Å². The fraction of sp³-hybridized carbons (Fsp3) is 0.182. The highest BCUT2D eigenvalue weighted by Gasteiger charge is 2.11. The quantitative estimate of drug-likeness (QED) is 0.516. The van der Waals surface area contributed by atoms with Gasteiger partial charge >= 0.3 is 0 Å². The first kappa shape index (κ1) is 19.1. The lowest BCUT2D eigenvalue weighted by Gasteiger charge is -2.10. The van der Waals surface area contributed by atoms with E-state index in [1.807, 2.05) is 67.6 Å². The highest BCUT2D eigenvalue weighted by molar-refractivity contribution is 9.10. The summed E-state index contributed by atoms with van der Waals surface area (Å²) in [6.45, 7) is 3.98. The maximum absolute atomic E-state index is 12.5. The summed E-state index contributed by atoms with van der Waals surface area (Å²) < 4.78 is 6.73. The Bertz CT molecular complexity index is 939. The van der Waals surface area contributed by atoms with E-state index >= 15 is 0 Å². The molecule has 1 amide bonds. The van der Waals surface area contributed by atoms with E-state index in [9.17, 15) is 4.79 Å². The number of anilines is 1. The minimum absolute atomic E-state index is 0.164. The van der Waals surface area contributed by atoms with Crippen molar-refractivity contribution < 1.29 is 9.53 Å². The molecule has 1 aromatic heterocycles. The van der Waals surface area contributed by atoms with Crippen LogP contribution >= 0.6 is 15.9 Å². The predicted octanol–water partition coefficient (Wildman–Crippen LogP) is 6.15. The lowest BCUT2D eigenvalue weighted by molar-refractivity contribution is 0.102. The van der Waals surface area contributed by atoms with Crippen LogP contribution in [0.5, 0.6) is 11.5 Å². The van der Waals surface area contributed by atoms with Gasteiger partial charge in [-0.25, -0.2) is 0 Å². The number of halogens is 1. The molecule has 0 aliphatic heterocycles. The number of ether oxygens (including phenoxy) is 1. The van der Waals surface area contributed by atoms with Crippen LogP contribution in [0.1, 0.15) is 35.1 Å². The number of nitrogens with one attached hydrogen (secondary N) is 1. The number of pyridine rings is 1. The first-order valence-corrected chi connectivity index (χ1v) is 9.66. The summed E-state index contributed by atoms with van der Waals surface area (Å²) in [5.74, 6) is 1.27. The van der Waals surface area contributed by atoms with Crippen LogP contribution in [0.3, 0.4) is 0 Å². The van der Waals surface area contributed by atoms with Gasteiger partial charge in [-0.2, -0.15) is 0 Å². The highest BCUT2D eigenvalue weighted by atomic mass is 79.9. The van der Waals surface area contributed by atoms with Gasteiger partial charge in [0, 0.05) is 11.4 Å². The van der Waals surface area contributed by atoms with Crippen molar-refractivity contribution in [3.05, 3.63) is 82.1 Å². The minimum Gasteiger partial charge on any atom is -0.456 e.